The van der Waals surface area contributed by atoms with E-state index in [2.05, 4.69) is 8.91 Å². The number of benzene rings is 8. The highest BCUT2D eigenvalue weighted by Gasteiger charge is 2.21. The molecule has 0 heterocycles. The fraction of sp³-hybridized carbons (Fsp3) is 0.0435. The van der Waals surface area contributed by atoms with E-state index in [1.54, 1.807) is 60.7 Å². The van der Waals surface area contributed by atoms with Gasteiger partial charge in [-0.1, -0.05) is 30.3 Å². The number of nitrogens with two attached hydrogens (primary N) is 7. The molecule has 0 radical (unpaired) electrons. The van der Waals surface area contributed by atoms with Crippen molar-refractivity contribution < 1.29 is 90.6 Å². The van der Waals surface area contributed by atoms with Crippen LogP contribution < -0.4 is 44.9 Å². The molecule has 8 rings (SSSR count). The average molecular weight is 1280 g/mol. The first-order valence-electron chi connectivity index (χ1n) is 21.8. The molecular formula is C46H50N8O21S7. The van der Waals surface area contributed by atoms with Crippen molar-refractivity contribution in [2.24, 2.45) is 0 Å². The van der Waals surface area contributed by atoms with Crippen LogP contribution in [0, 0.1) is 0 Å². The fourth-order valence-corrected chi connectivity index (χ4v) is 10.9. The summed E-state index contributed by atoms with van der Waals surface area (Å²) in [4.78, 5) is -1.20. The molecule has 0 amide bonds. The number of phenols is 1. The van der Waals surface area contributed by atoms with Gasteiger partial charge in [0.1, 0.15) is 15.5 Å². The molecule has 0 fully saturated rings. The molecule has 0 aliphatic heterocycles. The van der Waals surface area contributed by atoms with Crippen LogP contribution in [0.25, 0.3) is 21.5 Å². The van der Waals surface area contributed by atoms with E-state index in [-0.39, 0.29) is 36.9 Å². The van der Waals surface area contributed by atoms with Crippen LogP contribution in [-0.2, 0) is 75.4 Å². The smallest absolute Gasteiger partial charge is 0.425 e. The largest absolute Gasteiger partial charge is 0.507 e. The van der Waals surface area contributed by atoms with Gasteiger partial charge in [0.2, 0.25) is 0 Å². The van der Waals surface area contributed by atoms with Crippen molar-refractivity contribution in [1.29, 1.82) is 0 Å². The quantitative estimate of drug-likeness (QED) is 0.0649. The Hall–Kier alpha value is -8.40. The zero-order valence-corrected chi connectivity index (χ0v) is 47.3. The molecule has 36 heteroatoms. The predicted molar refractivity (Wildman–Crippen MR) is 306 cm³/mol. The van der Waals surface area contributed by atoms with E-state index < -0.39 is 93.4 Å². The van der Waals surface area contributed by atoms with E-state index in [0.717, 1.165) is 18.2 Å². The summed E-state index contributed by atoms with van der Waals surface area (Å²) in [6.45, 7) is -0.647. The Morgan fingerprint density at radius 3 is 1.35 bits per heavy atom. The van der Waals surface area contributed by atoms with Gasteiger partial charge < -0.3 is 45.2 Å². The van der Waals surface area contributed by atoms with E-state index in [4.69, 9.17) is 71.0 Å². The highest BCUT2D eigenvalue weighted by molar-refractivity contribution is 7.92. The topological polar surface area (TPSA) is 561 Å². The molecule has 0 aliphatic rings. The summed E-state index contributed by atoms with van der Waals surface area (Å²) in [5, 5.41) is 10.3. The summed E-state index contributed by atoms with van der Waals surface area (Å²) in [6.07, 6.45) is 0. The summed E-state index contributed by atoms with van der Waals surface area (Å²) in [5.74, 6) is -0.834. The maximum absolute atomic E-state index is 12.0. The molecule has 82 heavy (non-hydrogen) atoms. The van der Waals surface area contributed by atoms with Crippen molar-refractivity contribution >= 4 is 138 Å². The van der Waals surface area contributed by atoms with Crippen LogP contribution in [0.1, 0.15) is 0 Å². The van der Waals surface area contributed by atoms with Crippen LogP contribution in [0.15, 0.2) is 182 Å². The van der Waals surface area contributed by atoms with Crippen molar-refractivity contribution in [3.05, 3.63) is 158 Å². The summed E-state index contributed by atoms with van der Waals surface area (Å²) in [6, 6.07) is 37.9. The standard InChI is InChI=1S/C12H13N3O2S.C10H9NO6S2.C10H9NO4S.C8H11NO6S2.C6H8N2.O3S/c13-9-1-5-11(6-2-9)15-18(16,17)12-7-3-10(14)4-8-12;11-6-4-8-7(10(5-6)19(15,16)17)2-1-3-9(8)18(12,13)14;11-8-3-1-2-6-4-7(16(13,14)15)5-9(12)10(6)8;9-7-1-3-8(4-2-7)16(10,11)6-5-15-17(12,13)14;7-5-2-1-3-6(8)4-5;1-4(2)3/h1-8,15H,13-14H2;1-5H,11H2,(H,12,13,14)(H,15,16,17);1-5,12H,11H2,(H,13,14,15);1-4H,5-6,9H2,(H,12,13,14);1-4H,7-8H2;. The van der Waals surface area contributed by atoms with E-state index in [1.165, 1.54) is 72.8 Å². The minimum atomic E-state index is -4.62. The number of fused-ring (bicyclic) bond motifs is 2. The van der Waals surface area contributed by atoms with Crippen LogP contribution in [0.2, 0.25) is 0 Å². The molecule has 0 saturated carbocycles. The number of nitrogens with one attached hydrogen (secondary N) is 1. The van der Waals surface area contributed by atoms with Crippen LogP contribution in [0.5, 0.6) is 5.75 Å². The Morgan fingerprint density at radius 1 is 0.439 bits per heavy atom. The maximum atomic E-state index is 12.0. The first-order valence-corrected chi connectivity index (χ1v) is 31.6. The highest BCUT2D eigenvalue weighted by atomic mass is 32.3. The Bertz CT molecular complexity index is 4370. The number of sulfone groups is 1. The number of nitrogen functional groups attached to an aromatic ring is 7. The Balaban J connectivity index is 0.000000269. The summed E-state index contributed by atoms with van der Waals surface area (Å²) < 4.78 is 202. The highest BCUT2D eigenvalue weighted by Crippen LogP contribution is 2.33. The van der Waals surface area contributed by atoms with Crippen molar-refractivity contribution in [2.75, 3.05) is 57.2 Å². The monoisotopic (exact) mass is 1270 g/mol. The number of aromatic hydroxyl groups is 1. The zero-order chi connectivity index (χ0) is 62.2. The molecule has 8 aromatic rings. The van der Waals surface area contributed by atoms with Crippen molar-refractivity contribution in [3.63, 3.8) is 0 Å². The van der Waals surface area contributed by atoms with Gasteiger partial charge in [0.25, 0.3) is 40.4 Å². The van der Waals surface area contributed by atoms with Gasteiger partial charge in [0, 0.05) is 67.7 Å². The van der Waals surface area contributed by atoms with Gasteiger partial charge >= 0.3 is 21.0 Å². The van der Waals surface area contributed by atoms with Crippen LogP contribution >= 0.6 is 0 Å². The summed E-state index contributed by atoms with van der Waals surface area (Å²) >= 11 is 0. The minimum Gasteiger partial charge on any atom is -0.507 e. The maximum Gasteiger partial charge on any atom is 0.425 e. The van der Waals surface area contributed by atoms with Gasteiger partial charge in [-0.2, -0.15) is 33.7 Å². The van der Waals surface area contributed by atoms with Crippen molar-refractivity contribution in [1.82, 2.24) is 0 Å². The molecule has 0 atom stereocenters. The second-order valence-corrected chi connectivity index (χ2v) is 25.5. The number of sulfonamides is 1. The number of phenolic OH excluding ortho intramolecular Hbond substituents is 1. The van der Waals surface area contributed by atoms with Gasteiger partial charge in [-0.15, -0.1) is 12.6 Å². The van der Waals surface area contributed by atoms with Crippen LogP contribution in [0.4, 0.5) is 45.5 Å². The number of hydrogen-bond acceptors (Lipinski definition) is 24. The Kier molecular flexibility index (Phi) is 23.5. The molecule has 8 aromatic carbocycles. The fourth-order valence-electron chi connectivity index (χ4n) is 6.35. The Labute approximate surface area is 471 Å². The minimum absolute atomic E-state index is 0.00522. The average Bonchev–Trinajstić information content (AvgIpc) is 3.34. The van der Waals surface area contributed by atoms with Crippen molar-refractivity contribution in [2.45, 2.75) is 24.5 Å². The normalized spacial score (nSPS) is 11.5. The second-order valence-electron chi connectivity index (χ2n) is 16.0. The van der Waals surface area contributed by atoms with E-state index >= 15 is 0 Å². The Morgan fingerprint density at radius 2 is 0.902 bits per heavy atom. The zero-order valence-electron chi connectivity index (χ0n) is 41.6. The van der Waals surface area contributed by atoms with Crippen molar-refractivity contribution in [3.8, 4) is 5.75 Å². The number of anilines is 8. The molecule has 20 N–H and O–H groups in total. The van der Waals surface area contributed by atoms with E-state index in [9.17, 15) is 55.6 Å². The third kappa shape index (κ3) is 22.3. The van der Waals surface area contributed by atoms with Gasteiger partial charge in [0.05, 0.1) is 27.0 Å². The molecule has 0 unspecified atom stereocenters. The number of rotatable bonds is 11. The molecule has 29 nitrogen and oxygen atoms in total. The van der Waals surface area contributed by atoms with Gasteiger partial charge in [-0.05, 0) is 127 Å². The third-order valence-corrected chi connectivity index (χ3v) is 16.0. The van der Waals surface area contributed by atoms with E-state index in [1.807, 2.05) is 6.07 Å². The molecule has 442 valence electrons. The molecule has 0 spiro atoms. The van der Waals surface area contributed by atoms with Gasteiger partial charge in [-0.3, -0.25) is 22.9 Å². The van der Waals surface area contributed by atoms with Crippen LogP contribution in [0.3, 0.4) is 0 Å². The lowest BCUT2D eigenvalue weighted by Crippen LogP contribution is -2.15. The second kappa shape index (κ2) is 28.3. The predicted octanol–water partition coefficient (Wildman–Crippen LogP) is 3.65. The summed E-state index contributed by atoms with van der Waals surface area (Å²) in [5.41, 5.74) is 42.0. The lowest BCUT2D eigenvalue weighted by atomic mass is 10.1. The number of hydrogen-bond donors (Lipinski definition) is 13. The van der Waals surface area contributed by atoms with Gasteiger partial charge in [0.15, 0.2) is 9.84 Å². The SMILES string of the molecule is Nc1cc(S(=O)(=O)O)c2cccc(S(=O)(=O)O)c2c1.Nc1ccc(NS(=O)(=O)c2ccc(N)cc2)cc1.Nc1ccc(S(=O)(=O)CCOS(=O)(=O)O)cc1.Nc1cccc(N)c1.Nc1cccc2cc(S(=O)(=O)O)cc(O)c12.O=S(=O)=O. The molecule has 0 saturated heterocycles. The lowest BCUT2D eigenvalue weighted by molar-refractivity contribution is 0.284. The van der Waals surface area contributed by atoms with E-state index in [0.29, 0.717) is 50.6 Å². The third-order valence-electron chi connectivity index (χ3n) is 9.84. The first-order chi connectivity index (χ1) is 37.7. The molecule has 0 aromatic heterocycles. The molecule has 0 aliphatic carbocycles. The van der Waals surface area contributed by atoms with Crippen LogP contribution in [-0.4, -0.2) is 98.8 Å². The van der Waals surface area contributed by atoms with Gasteiger partial charge in [-0.25, -0.2) is 21.0 Å². The summed E-state index contributed by atoms with van der Waals surface area (Å²) in [7, 11) is -28.4. The molecule has 0 bridgehead atoms. The molecular weight excluding hydrogens is 1230 g/mol. The lowest BCUT2D eigenvalue weighted by Gasteiger charge is -2.08. The first kappa shape index (κ1) is 67.9.